The van der Waals surface area contributed by atoms with Gasteiger partial charge in [-0.15, -0.1) is 0 Å². The van der Waals surface area contributed by atoms with Crippen LogP contribution in [0.4, 0.5) is 5.69 Å². The Balaban J connectivity index is 1.52. The number of methoxy groups -OCH3 is 2. The molecule has 0 aliphatic carbocycles. The number of ether oxygens (including phenoxy) is 3. The lowest BCUT2D eigenvalue weighted by Gasteiger charge is -2.11. The second kappa shape index (κ2) is 9.41. The highest BCUT2D eigenvalue weighted by Gasteiger charge is 2.13. The second-order valence-corrected chi connectivity index (χ2v) is 6.08. The quantitative estimate of drug-likeness (QED) is 0.590. The van der Waals surface area contributed by atoms with Crippen molar-refractivity contribution in [2.24, 2.45) is 0 Å². The predicted molar refractivity (Wildman–Crippen MR) is 106 cm³/mol. The summed E-state index contributed by atoms with van der Waals surface area (Å²) in [5.74, 6) is 0.0302. The summed E-state index contributed by atoms with van der Waals surface area (Å²) in [5, 5.41) is 6.87. The van der Waals surface area contributed by atoms with Crippen molar-refractivity contribution in [3.8, 4) is 17.2 Å². The third kappa shape index (κ3) is 5.35. The number of para-hydroxylation sites is 1. The number of aromatic nitrogens is 2. The molecule has 0 fully saturated rings. The third-order valence-corrected chi connectivity index (χ3v) is 4.05. The molecule has 0 saturated heterocycles. The Morgan fingerprint density at radius 3 is 2.59 bits per heavy atom. The maximum atomic E-state index is 12.1. The van der Waals surface area contributed by atoms with Gasteiger partial charge < -0.3 is 19.5 Å². The third-order valence-electron chi connectivity index (χ3n) is 4.05. The summed E-state index contributed by atoms with van der Waals surface area (Å²) >= 11 is 0. The fraction of sp³-hybridized carbons (Fsp3) is 0.190. The van der Waals surface area contributed by atoms with Crippen molar-refractivity contribution in [3.63, 3.8) is 0 Å². The van der Waals surface area contributed by atoms with Gasteiger partial charge in [0.1, 0.15) is 11.5 Å². The highest BCUT2D eigenvalue weighted by Crippen LogP contribution is 2.28. The van der Waals surface area contributed by atoms with E-state index in [4.69, 9.17) is 14.2 Å². The van der Waals surface area contributed by atoms with Gasteiger partial charge >= 0.3 is 5.97 Å². The lowest BCUT2D eigenvalue weighted by Crippen LogP contribution is -2.21. The first-order valence-corrected chi connectivity index (χ1v) is 8.85. The van der Waals surface area contributed by atoms with Gasteiger partial charge in [-0.3, -0.25) is 9.59 Å². The van der Waals surface area contributed by atoms with Gasteiger partial charge in [-0.2, -0.15) is 5.10 Å². The Morgan fingerprint density at radius 1 is 1.07 bits per heavy atom. The molecule has 29 heavy (non-hydrogen) atoms. The van der Waals surface area contributed by atoms with E-state index in [1.165, 1.54) is 14.2 Å². The van der Waals surface area contributed by atoms with Crippen molar-refractivity contribution in [2.75, 3.05) is 26.1 Å². The van der Waals surface area contributed by atoms with E-state index in [-0.39, 0.29) is 6.42 Å². The van der Waals surface area contributed by atoms with Crippen LogP contribution in [0.5, 0.6) is 11.5 Å². The number of nitrogens with one attached hydrogen (secondary N) is 1. The SMILES string of the molecule is COc1ccc(OC)c(NC(=O)COC(=O)Cc2cnn(-c3ccccc3)c2)c1. The number of carbonyl (C=O) groups is 2. The van der Waals surface area contributed by atoms with Gasteiger partial charge in [0.15, 0.2) is 6.61 Å². The summed E-state index contributed by atoms with van der Waals surface area (Å²) in [6.07, 6.45) is 3.36. The molecular formula is C21H21N3O5. The number of esters is 1. The monoisotopic (exact) mass is 395 g/mol. The zero-order valence-electron chi connectivity index (χ0n) is 16.1. The molecule has 3 aromatic rings. The van der Waals surface area contributed by atoms with Gasteiger partial charge in [0, 0.05) is 17.8 Å². The highest BCUT2D eigenvalue weighted by atomic mass is 16.5. The van der Waals surface area contributed by atoms with E-state index >= 15 is 0 Å². The van der Waals surface area contributed by atoms with Gasteiger partial charge in [0.05, 0.1) is 38.2 Å². The fourth-order valence-electron chi connectivity index (χ4n) is 2.64. The van der Waals surface area contributed by atoms with Crippen molar-refractivity contribution < 1.29 is 23.8 Å². The first-order chi connectivity index (χ1) is 14.1. The molecule has 0 bridgehead atoms. The van der Waals surface area contributed by atoms with Gasteiger partial charge in [-0.25, -0.2) is 4.68 Å². The minimum Gasteiger partial charge on any atom is -0.497 e. The Labute approximate surface area is 168 Å². The Hall–Kier alpha value is -3.81. The zero-order valence-corrected chi connectivity index (χ0v) is 16.1. The highest BCUT2D eigenvalue weighted by molar-refractivity contribution is 5.94. The van der Waals surface area contributed by atoms with Crippen LogP contribution in [0.25, 0.3) is 5.69 Å². The molecular weight excluding hydrogens is 374 g/mol. The Bertz CT molecular complexity index is 985. The van der Waals surface area contributed by atoms with Crippen LogP contribution in [0.2, 0.25) is 0 Å². The molecule has 0 atom stereocenters. The molecule has 0 spiro atoms. The molecule has 0 aliphatic heterocycles. The molecule has 0 aliphatic rings. The summed E-state index contributed by atoms with van der Waals surface area (Å²) < 4.78 is 17.1. The number of hydrogen-bond acceptors (Lipinski definition) is 6. The molecule has 2 aromatic carbocycles. The van der Waals surface area contributed by atoms with Crippen LogP contribution >= 0.6 is 0 Å². The molecule has 1 aromatic heterocycles. The Morgan fingerprint density at radius 2 is 1.86 bits per heavy atom. The van der Waals surface area contributed by atoms with Gasteiger partial charge in [-0.1, -0.05) is 18.2 Å². The topological polar surface area (TPSA) is 91.7 Å². The van der Waals surface area contributed by atoms with Crippen molar-refractivity contribution in [1.82, 2.24) is 9.78 Å². The lowest BCUT2D eigenvalue weighted by molar-refractivity contribution is -0.146. The van der Waals surface area contributed by atoms with E-state index in [9.17, 15) is 9.59 Å². The summed E-state index contributed by atoms with van der Waals surface area (Å²) in [6, 6.07) is 14.5. The minimum atomic E-state index is -0.523. The molecule has 1 N–H and O–H groups in total. The molecule has 1 amide bonds. The van der Waals surface area contributed by atoms with Crippen LogP contribution in [0, 0.1) is 0 Å². The standard InChI is InChI=1S/C21H21N3O5/c1-27-17-8-9-19(28-2)18(11-17)23-20(25)14-29-21(26)10-15-12-22-24(13-15)16-6-4-3-5-7-16/h3-9,11-13H,10,14H2,1-2H3,(H,23,25). The van der Waals surface area contributed by atoms with E-state index in [0.29, 0.717) is 22.7 Å². The van der Waals surface area contributed by atoms with Crippen LogP contribution in [-0.4, -0.2) is 42.5 Å². The first kappa shape index (κ1) is 19.9. The van der Waals surface area contributed by atoms with E-state index in [1.807, 2.05) is 30.3 Å². The number of carbonyl (C=O) groups excluding carboxylic acids is 2. The number of rotatable bonds is 8. The van der Waals surface area contributed by atoms with E-state index < -0.39 is 18.5 Å². The maximum absolute atomic E-state index is 12.1. The van der Waals surface area contributed by atoms with Crippen LogP contribution in [0.15, 0.2) is 60.9 Å². The predicted octanol–water partition coefficient (Wildman–Crippen LogP) is 2.61. The molecule has 0 radical (unpaired) electrons. The number of amides is 1. The summed E-state index contributed by atoms with van der Waals surface area (Å²) in [4.78, 5) is 24.2. The molecule has 3 rings (SSSR count). The zero-order chi connectivity index (χ0) is 20.6. The van der Waals surface area contributed by atoms with Crippen molar-refractivity contribution in [3.05, 3.63) is 66.5 Å². The number of benzene rings is 2. The molecule has 150 valence electrons. The first-order valence-electron chi connectivity index (χ1n) is 8.85. The smallest absolute Gasteiger partial charge is 0.310 e. The van der Waals surface area contributed by atoms with E-state index in [2.05, 4.69) is 10.4 Å². The fourth-order valence-corrected chi connectivity index (χ4v) is 2.64. The second-order valence-electron chi connectivity index (χ2n) is 6.08. The van der Waals surface area contributed by atoms with Crippen molar-refractivity contribution >= 4 is 17.6 Å². The number of nitrogens with zero attached hydrogens (tertiary/aromatic N) is 2. The molecule has 0 saturated carbocycles. The van der Waals surface area contributed by atoms with E-state index in [0.717, 1.165) is 5.69 Å². The van der Waals surface area contributed by atoms with E-state index in [1.54, 1.807) is 35.3 Å². The van der Waals surface area contributed by atoms with Gasteiger partial charge in [0.2, 0.25) is 0 Å². The van der Waals surface area contributed by atoms with Gasteiger partial charge in [0.25, 0.3) is 5.91 Å². The normalized spacial score (nSPS) is 10.3. The van der Waals surface area contributed by atoms with Crippen LogP contribution in [-0.2, 0) is 20.7 Å². The summed E-state index contributed by atoms with van der Waals surface area (Å²) in [7, 11) is 3.02. The maximum Gasteiger partial charge on any atom is 0.310 e. The van der Waals surface area contributed by atoms with Crippen LogP contribution < -0.4 is 14.8 Å². The number of hydrogen-bond donors (Lipinski definition) is 1. The van der Waals surface area contributed by atoms with Crippen LogP contribution in [0.1, 0.15) is 5.56 Å². The Kier molecular flexibility index (Phi) is 6.47. The average molecular weight is 395 g/mol. The molecule has 8 heteroatoms. The summed E-state index contributed by atoms with van der Waals surface area (Å²) in [5.41, 5.74) is 2.00. The summed E-state index contributed by atoms with van der Waals surface area (Å²) in [6.45, 7) is -0.411. The largest absolute Gasteiger partial charge is 0.497 e. The molecule has 0 unspecified atom stereocenters. The molecule has 1 heterocycles. The van der Waals surface area contributed by atoms with Crippen molar-refractivity contribution in [1.29, 1.82) is 0 Å². The lowest BCUT2D eigenvalue weighted by atomic mass is 10.2. The van der Waals surface area contributed by atoms with Gasteiger partial charge in [-0.05, 0) is 24.3 Å². The average Bonchev–Trinajstić information content (AvgIpc) is 3.21. The minimum absolute atomic E-state index is 0.0165. The van der Waals surface area contributed by atoms with Crippen molar-refractivity contribution in [2.45, 2.75) is 6.42 Å². The van der Waals surface area contributed by atoms with Crippen LogP contribution in [0.3, 0.4) is 0 Å². The number of anilines is 1. The molecule has 8 nitrogen and oxygen atoms in total.